The summed E-state index contributed by atoms with van der Waals surface area (Å²) in [5, 5.41) is 8.19. The summed E-state index contributed by atoms with van der Waals surface area (Å²) in [6.07, 6.45) is 3.00. The Balaban J connectivity index is 1.77. The van der Waals surface area contributed by atoms with Gasteiger partial charge in [0.2, 0.25) is 0 Å². The molecule has 1 aliphatic carbocycles. The van der Waals surface area contributed by atoms with Gasteiger partial charge in [-0.3, -0.25) is 0 Å². The second-order valence-corrected chi connectivity index (χ2v) is 6.34. The summed E-state index contributed by atoms with van der Waals surface area (Å²) in [5.74, 6) is -0.821. The summed E-state index contributed by atoms with van der Waals surface area (Å²) in [6, 6.07) is 5.75. The van der Waals surface area contributed by atoms with Crippen molar-refractivity contribution in [3.8, 4) is 0 Å². The quantitative estimate of drug-likeness (QED) is 0.719. The Morgan fingerprint density at radius 3 is 2.14 bits per heavy atom. The van der Waals surface area contributed by atoms with Crippen LogP contribution in [0.15, 0.2) is 24.3 Å². The normalized spacial score (nSPS) is 21.8. The monoisotopic (exact) mass is 342 g/mol. The van der Waals surface area contributed by atoms with Crippen LogP contribution in [-0.4, -0.2) is 10.2 Å². The van der Waals surface area contributed by atoms with Crippen molar-refractivity contribution >= 4 is 23.2 Å². The molecule has 1 heterocycles. The maximum atomic E-state index is 13.9. The Morgan fingerprint density at radius 2 is 1.50 bits per heavy atom. The molecule has 0 amide bonds. The van der Waals surface area contributed by atoms with Gasteiger partial charge >= 0.3 is 0 Å². The third kappa shape index (κ3) is 3.08. The molecule has 1 fully saturated rings. The van der Waals surface area contributed by atoms with E-state index >= 15 is 0 Å². The molecule has 2 nitrogen and oxygen atoms in total. The van der Waals surface area contributed by atoms with Gasteiger partial charge in [-0.15, -0.1) is 10.2 Å². The van der Waals surface area contributed by atoms with Gasteiger partial charge in [-0.05, 0) is 61.3 Å². The smallest absolute Gasteiger partial charge is 0.155 e. The Hall–Kier alpha value is -1.26. The Bertz CT molecular complexity index is 666. The van der Waals surface area contributed by atoms with E-state index in [4.69, 9.17) is 23.2 Å². The van der Waals surface area contributed by atoms with Gasteiger partial charge in [0.1, 0.15) is 11.6 Å². The fourth-order valence-electron chi connectivity index (χ4n) is 3.25. The first-order valence-corrected chi connectivity index (χ1v) is 7.94. The van der Waals surface area contributed by atoms with Gasteiger partial charge in [-0.25, -0.2) is 8.78 Å². The minimum Gasteiger partial charge on any atom is -0.207 e. The van der Waals surface area contributed by atoms with Crippen molar-refractivity contribution in [2.45, 2.75) is 37.5 Å². The zero-order valence-electron chi connectivity index (χ0n) is 11.7. The maximum Gasteiger partial charge on any atom is 0.155 e. The average Bonchev–Trinajstić information content (AvgIpc) is 2.50. The second kappa shape index (κ2) is 6.47. The number of rotatable bonds is 2. The van der Waals surface area contributed by atoms with Gasteiger partial charge < -0.3 is 0 Å². The van der Waals surface area contributed by atoms with Crippen LogP contribution in [0.5, 0.6) is 0 Å². The van der Waals surface area contributed by atoms with Crippen LogP contribution in [0.4, 0.5) is 8.78 Å². The summed E-state index contributed by atoms with van der Waals surface area (Å²) < 4.78 is 27.8. The van der Waals surface area contributed by atoms with E-state index in [1.165, 1.54) is 18.2 Å². The van der Waals surface area contributed by atoms with Crippen molar-refractivity contribution < 1.29 is 8.78 Å². The van der Waals surface area contributed by atoms with Crippen molar-refractivity contribution in [1.82, 2.24) is 10.2 Å². The Kier molecular flexibility index (Phi) is 4.59. The zero-order valence-corrected chi connectivity index (χ0v) is 13.2. The molecule has 3 rings (SSSR count). The number of aromatic nitrogens is 2. The lowest BCUT2D eigenvalue weighted by molar-refractivity contribution is 0.376. The van der Waals surface area contributed by atoms with Gasteiger partial charge in [0.25, 0.3) is 0 Å². The molecule has 1 aromatic heterocycles. The lowest BCUT2D eigenvalue weighted by Crippen LogP contribution is -2.15. The molecule has 0 spiro atoms. The third-order valence-electron chi connectivity index (χ3n) is 4.32. The summed E-state index contributed by atoms with van der Waals surface area (Å²) in [7, 11) is 0. The SMILES string of the molecule is Fc1cccc(F)c1C1CCC(c2cc(Cl)nnc2Cl)CC1. The van der Waals surface area contributed by atoms with E-state index in [0.29, 0.717) is 23.1 Å². The van der Waals surface area contributed by atoms with E-state index in [1.54, 1.807) is 6.07 Å². The number of halogens is 4. The topological polar surface area (TPSA) is 25.8 Å². The third-order valence-corrected chi connectivity index (χ3v) is 4.80. The molecule has 0 N–H and O–H groups in total. The first-order valence-electron chi connectivity index (χ1n) is 7.18. The fraction of sp³-hybridized carbons (Fsp3) is 0.375. The predicted octanol–water partition coefficient (Wildman–Crippen LogP) is 5.50. The molecule has 6 heteroatoms. The molecule has 1 aliphatic rings. The largest absolute Gasteiger partial charge is 0.207 e. The predicted molar refractivity (Wildman–Crippen MR) is 82.4 cm³/mol. The lowest BCUT2D eigenvalue weighted by Gasteiger charge is -2.29. The zero-order chi connectivity index (χ0) is 15.7. The van der Waals surface area contributed by atoms with Gasteiger partial charge in [0.15, 0.2) is 10.3 Å². The van der Waals surface area contributed by atoms with E-state index < -0.39 is 11.6 Å². The van der Waals surface area contributed by atoms with E-state index in [9.17, 15) is 8.78 Å². The van der Waals surface area contributed by atoms with Crippen LogP contribution < -0.4 is 0 Å². The van der Waals surface area contributed by atoms with Gasteiger partial charge in [-0.2, -0.15) is 0 Å². The molecule has 2 aromatic rings. The fourth-order valence-corrected chi connectivity index (χ4v) is 3.65. The highest BCUT2D eigenvalue weighted by atomic mass is 35.5. The molecule has 22 heavy (non-hydrogen) atoms. The van der Waals surface area contributed by atoms with Crippen molar-refractivity contribution in [2.75, 3.05) is 0 Å². The number of benzene rings is 1. The molecule has 116 valence electrons. The van der Waals surface area contributed by atoms with Crippen molar-refractivity contribution in [3.05, 3.63) is 57.3 Å². The number of hydrogen-bond donors (Lipinski definition) is 0. The molecule has 0 aliphatic heterocycles. The van der Waals surface area contributed by atoms with Crippen LogP contribution in [0.2, 0.25) is 10.3 Å². The highest BCUT2D eigenvalue weighted by Gasteiger charge is 2.28. The van der Waals surface area contributed by atoms with Gasteiger partial charge in [0.05, 0.1) is 0 Å². The molecule has 0 atom stereocenters. The Labute approximate surface area is 137 Å². The molecule has 0 radical (unpaired) electrons. The molecular formula is C16H14Cl2F2N2. The summed E-state index contributed by atoms with van der Waals surface area (Å²) >= 11 is 12.0. The molecule has 0 bridgehead atoms. The molecule has 1 aromatic carbocycles. The van der Waals surface area contributed by atoms with E-state index in [1.807, 2.05) is 0 Å². The van der Waals surface area contributed by atoms with Crippen LogP contribution in [0.3, 0.4) is 0 Å². The van der Waals surface area contributed by atoms with Crippen LogP contribution in [0.1, 0.15) is 48.6 Å². The number of hydrogen-bond acceptors (Lipinski definition) is 2. The van der Waals surface area contributed by atoms with Crippen molar-refractivity contribution in [2.24, 2.45) is 0 Å². The minimum atomic E-state index is -0.463. The standard InChI is InChI=1S/C16H14Cl2F2N2/c17-14-8-11(16(18)22-21-14)9-4-6-10(7-5-9)15-12(19)2-1-3-13(15)20/h1-3,8-10H,4-7H2. The summed E-state index contributed by atoms with van der Waals surface area (Å²) in [4.78, 5) is 0. The van der Waals surface area contributed by atoms with Crippen LogP contribution in [-0.2, 0) is 0 Å². The highest BCUT2D eigenvalue weighted by molar-refractivity contribution is 6.31. The average molecular weight is 343 g/mol. The molecule has 1 saturated carbocycles. The van der Waals surface area contributed by atoms with Gasteiger partial charge in [0, 0.05) is 5.56 Å². The van der Waals surface area contributed by atoms with Crippen LogP contribution >= 0.6 is 23.2 Å². The van der Waals surface area contributed by atoms with Crippen LogP contribution in [0, 0.1) is 11.6 Å². The minimum absolute atomic E-state index is 0.0958. The lowest BCUT2D eigenvalue weighted by atomic mass is 9.76. The van der Waals surface area contributed by atoms with Gasteiger partial charge in [-0.1, -0.05) is 29.3 Å². The van der Waals surface area contributed by atoms with Crippen molar-refractivity contribution in [3.63, 3.8) is 0 Å². The summed E-state index contributed by atoms with van der Waals surface area (Å²) in [5.41, 5.74) is 1.08. The Morgan fingerprint density at radius 1 is 0.909 bits per heavy atom. The molecular weight excluding hydrogens is 329 g/mol. The molecule has 0 unspecified atom stereocenters. The number of nitrogens with zero attached hydrogens (tertiary/aromatic N) is 2. The highest BCUT2D eigenvalue weighted by Crippen LogP contribution is 2.43. The first kappa shape index (κ1) is 15.6. The van der Waals surface area contributed by atoms with E-state index in [0.717, 1.165) is 18.4 Å². The molecule has 0 saturated heterocycles. The van der Waals surface area contributed by atoms with Crippen LogP contribution in [0.25, 0.3) is 0 Å². The van der Waals surface area contributed by atoms with E-state index in [2.05, 4.69) is 10.2 Å². The van der Waals surface area contributed by atoms with E-state index in [-0.39, 0.29) is 17.4 Å². The second-order valence-electron chi connectivity index (χ2n) is 5.60. The summed E-state index contributed by atoms with van der Waals surface area (Å²) in [6.45, 7) is 0. The van der Waals surface area contributed by atoms with Crippen molar-refractivity contribution in [1.29, 1.82) is 0 Å². The first-order chi connectivity index (χ1) is 10.6. The maximum absolute atomic E-state index is 13.9.